The van der Waals surface area contributed by atoms with Crippen molar-refractivity contribution >= 4 is 46.4 Å². The SMILES string of the molecule is CC(NC(=O)c1ccc(-c2cc(Cl)cc(Cl)c2)s1)C(=O)N1CCOCC1. The van der Waals surface area contributed by atoms with Crippen LogP contribution in [0.25, 0.3) is 10.4 Å². The zero-order valence-corrected chi connectivity index (χ0v) is 16.5. The molecule has 0 bridgehead atoms. The van der Waals surface area contributed by atoms with E-state index in [4.69, 9.17) is 27.9 Å². The van der Waals surface area contributed by atoms with E-state index >= 15 is 0 Å². The fourth-order valence-electron chi connectivity index (χ4n) is 2.70. The first-order chi connectivity index (χ1) is 12.4. The van der Waals surface area contributed by atoms with Gasteiger partial charge >= 0.3 is 0 Å². The molecular weight excluding hydrogens is 395 g/mol. The number of hydrogen-bond donors (Lipinski definition) is 1. The molecule has 2 aromatic rings. The van der Waals surface area contributed by atoms with Crippen molar-refractivity contribution in [2.24, 2.45) is 0 Å². The maximum Gasteiger partial charge on any atom is 0.262 e. The van der Waals surface area contributed by atoms with E-state index in [9.17, 15) is 9.59 Å². The molecule has 1 fully saturated rings. The highest BCUT2D eigenvalue weighted by Gasteiger charge is 2.24. The lowest BCUT2D eigenvalue weighted by molar-refractivity contribution is -0.136. The second kappa shape index (κ2) is 8.39. The summed E-state index contributed by atoms with van der Waals surface area (Å²) in [6.07, 6.45) is 0. The summed E-state index contributed by atoms with van der Waals surface area (Å²) in [4.78, 5) is 28.0. The Morgan fingerprint density at radius 1 is 1.15 bits per heavy atom. The Balaban J connectivity index is 1.66. The van der Waals surface area contributed by atoms with Gasteiger partial charge in [-0.1, -0.05) is 23.2 Å². The van der Waals surface area contributed by atoms with Crippen LogP contribution in [0, 0.1) is 0 Å². The minimum Gasteiger partial charge on any atom is -0.378 e. The normalized spacial score (nSPS) is 15.6. The predicted molar refractivity (Wildman–Crippen MR) is 104 cm³/mol. The quantitative estimate of drug-likeness (QED) is 0.832. The molecule has 0 spiro atoms. The third kappa shape index (κ3) is 4.57. The van der Waals surface area contributed by atoms with Crippen LogP contribution < -0.4 is 5.32 Å². The molecule has 26 heavy (non-hydrogen) atoms. The smallest absolute Gasteiger partial charge is 0.262 e. The van der Waals surface area contributed by atoms with E-state index in [1.54, 1.807) is 36.1 Å². The topological polar surface area (TPSA) is 58.6 Å². The molecule has 0 radical (unpaired) electrons. The minimum absolute atomic E-state index is 0.0972. The number of rotatable bonds is 4. The number of benzene rings is 1. The number of carbonyl (C=O) groups is 2. The van der Waals surface area contributed by atoms with Gasteiger partial charge in [-0.15, -0.1) is 11.3 Å². The first-order valence-electron chi connectivity index (χ1n) is 8.18. The zero-order valence-electron chi connectivity index (χ0n) is 14.1. The zero-order chi connectivity index (χ0) is 18.7. The summed E-state index contributed by atoms with van der Waals surface area (Å²) in [5.41, 5.74) is 0.851. The number of halogens is 2. The van der Waals surface area contributed by atoms with Crippen LogP contribution in [0.4, 0.5) is 0 Å². The highest BCUT2D eigenvalue weighted by molar-refractivity contribution is 7.17. The summed E-state index contributed by atoms with van der Waals surface area (Å²) in [6.45, 7) is 3.86. The van der Waals surface area contributed by atoms with Crippen LogP contribution in [0.15, 0.2) is 30.3 Å². The monoisotopic (exact) mass is 412 g/mol. The van der Waals surface area contributed by atoms with E-state index in [1.807, 2.05) is 6.07 Å². The summed E-state index contributed by atoms with van der Waals surface area (Å²) in [5, 5.41) is 3.85. The molecule has 1 unspecified atom stereocenters. The molecular formula is C18H18Cl2N2O3S. The van der Waals surface area contributed by atoms with Gasteiger partial charge < -0.3 is 15.0 Å². The fraction of sp³-hybridized carbons (Fsp3) is 0.333. The molecule has 8 heteroatoms. The number of ether oxygens (including phenoxy) is 1. The Labute approximate surface area is 165 Å². The molecule has 2 heterocycles. The Bertz CT molecular complexity index is 798. The number of morpholine rings is 1. The van der Waals surface area contributed by atoms with Crippen molar-refractivity contribution in [1.29, 1.82) is 0 Å². The molecule has 1 aromatic heterocycles. The van der Waals surface area contributed by atoms with Crippen molar-refractivity contribution in [3.8, 4) is 10.4 Å². The van der Waals surface area contributed by atoms with Gasteiger partial charge in [-0.3, -0.25) is 9.59 Å². The largest absolute Gasteiger partial charge is 0.378 e. The molecule has 1 atom stereocenters. The molecule has 1 saturated heterocycles. The fourth-order valence-corrected chi connectivity index (χ4v) is 4.12. The second-order valence-corrected chi connectivity index (χ2v) is 7.91. The maximum atomic E-state index is 12.5. The van der Waals surface area contributed by atoms with Crippen LogP contribution in [-0.2, 0) is 9.53 Å². The first kappa shape index (κ1) is 19.2. The van der Waals surface area contributed by atoms with Crippen molar-refractivity contribution < 1.29 is 14.3 Å². The number of nitrogens with one attached hydrogen (secondary N) is 1. The van der Waals surface area contributed by atoms with E-state index in [1.165, 1.54) is 11.3 Å². The molecule has 0 aliphatic carbocycles. The number of carbonyl (C=O) groups excluding carboxylic acids is 2. The van der Waals surface area contributed by atoms with Gasteiger partial charge in [0.2, 0.25) is 5.91 Å². The van der Waals surface area contributed by atoms with Gasteiger partial charge in [0.1, 0.15) is 6.04 Å². The lowest BCUT2D eigenvalue weighted by Gasteiger charge is -2.29. The van der Waals surface area contributed by atoms with E-state index in [0.717, 1.165) is 10.4 Å². The summed E-state index contributed by atoms with van der Waals surface area (Å²) in [5.74, 6) is -0.372. The van der Waals surface area contributed by atoms with Crippen LogP contribution in [-0.4, -0.2) is 49.1 Å². The van der Waals surface area contributed by atoms with E-state index < -0.39 is 6.04 Å². The number of nitrogens with zero attached hydrogens (tertiary/aromatic N) is 1. The van der Waals surface area contributed by atoms with Gasteiger partial charge in [0.15, 0.2) is 0 Å². The van der Waals surface area contributed by atoms with Gasteiger partial charge in [0.05, 0.1) is 18.1 Å². The van der Waals surface area contributed by atoms with Crippen LogP contribution in [0.2, 0.25) is 10.0 Å². The van der Waals surface area contributed by atoms with Gasteiger partial charge in [0.25, 0.3) is 5.91 Å². The van der Waals surface area contributed by atoms with Crippen molar-refractivity contribution in [3.63, 3.8) is 0 Å². The molecule has 1 aromatic carbocycles. The molecule has 0 saturated carbocycles. The van der Waals surface area contributed by atoms with Gasteiger partial charge in [-0.25, -0.2) is 0 Å². The molecule has 5 nitrogen and oxygen atoms in total. The lowest BCUT2D eigenvalue weighted by atomic mass is 10.2. The number of hydrogen-bond acceptors (Lipinski definition) is 4. The van der Waals surface area contributed by atoms with Crippen molar-refractivity contribution in [3.05, 3.63) is 45.3 Å². The highest BCUT2D eigenvalue weighted by Crippen LogP contribution is 2.32. The summed E-state index contributed by atoms with van der Waals surface area (Å²) in [6, 6.07) is 8.24. The lowest BCUT2D eigenvalue weighted by Crippen LogP contribution is -2.50. The van der Waals surface area contributed by atoms with Gasteiger partial charge in [-0.05, 0) is 42.8 Å². The van der Waals surface area contributed by atoms with Crippen LogP contribution >= 0.6 is 34.5 Å². The summed E-state index contributed by atoms with van der Waals surface area (Å²) in [7, 11) is 0. The van der Waals surface area contributed by atoms with Crippen molar-refractivity contribution in [1.82, 2.24) is 10.2 Å². The third-order valence-corrected chi connectivity index (χ3v) is 5.59. The van der Waals surface area contributed by atoms with E-state index in [0.29, 0.717) is 41.2 Å². The molecule has 3 rings (SSSR count). The highest BCUT2D eigenvalue weighted by atomic mass is 35.5. The van der Waals surface area contributed by atoms with Crippen LogP contribution in [0.5, 0.6) is 0 Å². The first-order valence-corrected chi connectivity index (χ1v) is 9.75. The predicted octanol–water partition coefficient (Wildman–Crippen LogP) is 3.70. The molecule has 1 aliphatic rings. The average Bonchev–Trinajstić information content (AvgIpc) is 3.11. The van der Waals surface area contributed by atoms with Crippen LogP contribution in [0.1, 0.15) is 16.6 Å². The Morgan fingerprint density at radius 3 is 2.46 bits per heavy atom. The second-order valence-electron chi connectivity index (χ2n) is 5.95. The average molecular weight is 413 g/mol. The number of amides is 2. The Kier molecular flexibility index (Phi) is 6.19. The summed E-state index contributed by atoms with van der Waals surface area (Å²) >= 11 is 13.4. The van der Waals surface area contributed by atoms with Crippen molar-refractivity contribution in [2.45, 2.75) is 13.0 Å². The van der Waals surface area contributed by atoms with Crippen LogP contribution in [0.3, 0.4) is 0 Å². The standard InChI is InChI=1S/C18H18Cl2N2O3S/c1-11(18(24)22-4-6-25-7-5-22)21-17(23)16-3-2-15(26-16)12-8-13(19)10-14(20)9-12/h2-3,8-11H,4-7H2,1H3,(H,21,23). The number of thiophene rings is 1. The van der Waals surface area contributed by atoms with Gasteiger partial charge in [0, 0.05) is 28.0 Å². The van der Waals surface area contributed by atoms with E-state index in [2.05, 4.69) is 5.32 Å². The van der Waals surface area contributed by atoms with Crippen molar-refractivity contribution in [2.75, 3.05) is 26.3 Å². The molecule has 2 amide bonds. The Hall–Kier alpha value is -1.60. The minimum atomic E-state index is -0.591. The van der Waals surface area contributed by atoms with E-state index in [-0.39, 0.29) is 11.8 Å². The van der Waals surface area contributed by atoms with Gasteiger partial charge in [-0.2, -0.15) is 0 Å². The third-order valence-electron chi connectivity index (χ3n) is 4.02. The molecule has 138 valence electrons. The molecule has 1 N–H and O–H groups in total. The Morgan fingerprint density at radius 2 is 1.81 bits per heavy atom. The maximum absolute atomic E-state index is 12.5. The summed E-state index contributed by atoms with van der Waals surface area (Å²) < 4.78 is 5.24. The molecule has 1 aliphatic heterocycles.